The van der Waals surface area contributed by atoms with Gasteiger partial charge in [-0.15, -0.1) is 24.8 Å². The molecule has 0 aliphatic heterocycles. The van der Waals surface area contributed by atoms with Gasteiger partial charge in [-0.3, -0.25) is 4.79 Å². The van der Waals surface area contributed by atoms with Crippen LogP contribution < -0.4 is 4.74 Å². The molecule has 0 bridgehead atoms. The standard InChI is InChI=1S/C8H4ClF3INO2/c9-2-5-6(16-8(10,11)12)1-4(3-15)14-7(5)13/h1,3H,2H2. The first-order valence-corrected chi connectivity index (χ1v) is 5.45. The first-order valence-electron chi connectivity index (χ1n) is 3.83. The first kappa shape index (κ1) is 13.5. The third-order valence-corrected chi connectivity index (χ3v) is 2.69. The van der Waals surface area contributed by atoms with Gasteiger partial charge in [-0.25, -0.2) is 4.98 Å². The van der Waals surface area contributed by atoms with Crippen molar-refractivity contribution in [1.29, 1.82) is 0 Å². The minimum Gasteiger partial charge on any atom is -0.405 e. The molecule has 0 aliphatic rings. The summed E-state index contributed by atoms with van der Waals surface area (Å²) in [5.74, 6) is -0.681. The van der Waals surface area contributed by atoms with E-state index in [4.69, 9.17) is 11.6 Å². The van der Waals surface area contributed by atoms with Crippen molar-refractivity contribution in [3.63, 3.8) is 0 Å². The van der Waals surface area contributed by atoms with Gasteiger partial charge in [-0.2, -0.15) is 0 Å². The zero-order chi connectivity index (χ0) is 12.3. The van der Waals surface area contributed by atoms with Crippen LogP contribution in [0.1, 0.15) is 16.1 Å². The van der Waals surface area contributed by atoms with Crippen LogP contribution in [-0.4, -0.2) is 17.6 Å². The highest BCUT2D eigenvalue weighted by atomic mass is 127. The summed E-state index contributed by atoms with van der Waals surface area (Å²) in [4.78, 5) is 14.2. The molecule has 0 saturated heterocycles. The summed E-state index contributed by atoms with van der Waals surface area (Å²) in [5, 5.41) is 0. The predicted molar refractivity (Wildman–Crippen MR) is 58.6 cm³/mol. The Morgan fingerprint density at radius 3 is 2.62 bits per heavy atom. The quantitative estimate of drug-likeness (QED) is 0.358. The zero-order valence-electron chi connectivity index (χ0n) is 7.52. The lowest BCUT2D eigenvalue weighted by molar-refractivity contribution is -0.274. The number of nitrogens with zero attached hydrogens (tertiary/aromatic N) is 1. The van der Waals surface area contributed by atoms with Gasteiger partial charge < -0.3 is 4.74 Å². The molecule has 0 saturated carbocycles. The molecule has 1 aromatic rings. The van der Waals surface area contributed by atoms with Gasteiger partial charge in [0.05, 0.1) is 5.88 Å². The number of carbonyl (C=O) groups excluding carboxylic acids is 1. The second-order valence-electron chi connectivity index (χ2n) is 2.61. The molecule has 1 aromatic heterocycles. The highest BCUT2D eigenvalue weighted by Gasteiger charge is 2.32. The third kappa shape index (κ3) is 3.48. The summed E-state index contributed by atoms with van der Waals surface area (Å²) in [5.41, 5.74) is -0.0392. The van der Waals surface area contributed by atoms with E-state index < -0.39 is 12.1 Å². The van der Waals surface area contributed by atoms with Gasteiger partial charge in [-0.1, -0.05) is 0 Å². The second-order valence-corrected chi connectivity index (χ2v) is 3.90. The Morgan fingerprint density at radius 1 is 1.56 bits per heavy atom. The molecule has 0 spiro atoms. The number of ether oxygens (including phenoxy) is 1. The van der Waals surface area contributed by atoms with Gasteiger partial charge >= 0.3 is 6.36 Å². The summed E-state index contributed by atoms with van der Waals surface area (Å²) in [6.45, 7) is 0. The zero-order valence-corrected chi connectivity index (χ0v) is 10.4. The molecular weight excluding hydrogens is 361 g/mol. The molecule has 1 heterocycles. The van der Waals surface area contributed by atoms with Crippen molar-refractivity contribution >= 4 is 40.5 Å². The van der Waals surface area contributed by atoms with Crippen molar-refractivity contribution < 1.29 is 22.7 Å². The number of hydrogen-bond acceptors (Lipinski definition) is 3. The van der Waals surface area contributed by atoms with E-state index in [0.29, 0.717) is 6.29 Å². The van der Waals surface area contributed by atoms with Crippen LogP contribution in [-0.2, 0) is 5.88 Å². The molecule has 0 radical (unpaired) electrons. The van der Waals surface area contributed by atoms with Gasteiger partial charge in [0.2, 0.25) is 0 Å². The Labute approximate surface area is 107 Å². The molecule has 0 N–H and O–H groups in total. The number of carbonyl (C=O) groups is 1. The van der Waals surface area contributed by atoms with Gasteiger partial charge in [-0.05, 0) is 22.6 Å². The molecule has 8 heteroatoms. The fourth-order valence-electron chi connectivity index (χ4n) is 0.933. The van der Waals surface area contributed by atoms with Crippen LogP contribution in [0.5, 0.6) is 5.75 Å². The Balaban J connectivity index is 3.23. The maximum absolute atomic E-state index is 12.0. The van der Waals surface area contributed by atoms with Gasteiger partial charge in [0.1, 0.15) is 15.1 Å². The van der Waals surface area contributed by atoms with Crippen molar-refractivity contribution in [2.24, 2.45) is 0 Å². The van der Waals surface area contributed by atoms with E-state index in [0.717, 1.165) is 6.07 Å². The fourth-order valence-corrected chi connectivity index (χ4v) is 2.15. The molecular formula is C8H4ClF3INO2. The van der Waals surface area contributed by atoms with Crippen LogP contribution in [0.3, 0.4) is 0 Å². The van der Waals surface area contributed by atoms with Crippen LogP contribution >= 0.6 is 34.2 Å². The molecule has 0 unspecified atom stereocenters. The highest BCUT2D eigenvalue weighted by molar-refractivity contribution is 14.1. The molecule has 3 nitrogen and oxygen atoms in total. The van der Waals surface area contributed by atoms with Crippen LogP contribution in [0.15, 0.2) is 6.07 Å². The lowest BCUT2D eigenvalue weighted by Crippen LogP contribution is -2.19. The fraction of sp³-hybridized carbons (Fsp3) is 0.250. The number of alkyl halides is 4. The predicted octanol–water partition coefficient (Wildman–Crippen LogP) is 3.14. The lowest BCUT2D eigenvalue weighted by Gasteiger charge is -2.13. The van der Waals surface area contributed by atoms with E-state index in [1.165, 1.54) is 0 Å². The summed E-state index contributed by atoms with van der Waals surface area (Å²) >= 11 is 7.17. The Kier molecular flexibility index (Phi) is 4.36. The van der Waals surface area contributed by atoms with Crippen molar-refractivity contribution in [3.8, 4) is 5.75 Å². The number of aldehydes is 1. The van der Waals surface area contributed by atoms with Crippen LogP contribution in [0.4, 0.5) is 13.2 Å². The SMILES string of the molecule is O=Cc1cc(OC(F)(F)F)c(CCl)c(I)n1. The lowest BCUT2D eigenvalue weighted by atomic mass is 10.2. The molecule has 0 aliphatic carbocycles. The third-order valence-electron chi connectivity index (χ3n) is 1.53. The Bertz CT molecular complexity index is 411. The summed E-state index contributed by atoms with van der Waals surface area (Å²) < 4.78 is 40.1. The van der Waals surface area contributed by atoms with E-state index >= 15 is 0 Å². The van der Waals surface area contributed by atoms with E-state index in [1.807, 2.05) is 0 Å². The highest BCUT2D eigenvalue weighted by Crippen LogP contribution is 2.30. The smallest absolute Gasteiger partial charge is 0.405 e. The van der Waals surface area contributed by atoms with Crippen molar-refractivity contribution in [1.82, 2.24) is 4.98 Å². The van der Waals surface area contributed by atoms with Gasteiger partial charge in [0.15, 0.2) is 6.29 Å². The van der Waals surface area contributed by atoms with E-state index in [1.54, 1.807) is 22.6 Å². The molecule has 0 aromatic carbocycles. The summed E-state index contributed by atoms with van der Waals surface area (Å²) in [7, 11) is 0. The monoisotopic (exact) mass is 365 g/mol. The van der Waals surface area contributed by atoms with Crippen LogP contribution in [0.25, 0.3) is 0 Å². The maximum Gasteiger partial charge on any atom is 0.573 e. The molecule has 1 rings (SSSR count). The Hall–Kier alpha value is -0.570. The average molecular weight is 365 g/mol. The minimum atomic E-state index is -4.83. The van der Waals surface area contributed by atoms with Gasteiger partial charge in [0.25, 0.3) is 0 Å². The van der Waals surface area contributed by atoms with Crippen LogP contribution in [0.2, 0.25) is 0 Å². The number of halogens is 5. The van der Waals surface area contributed by atoms with Gasteiger partial charge in [0, 0.05) is 11.6 Å². The number of pyridine rings is 1. The summed E-state index contributed by atoms with van der Waals surface area (Å²) in [6, 6.07) is 0.903. The maximum atomic E-state index is 12.0. The largest absolute Gasteiger partial charge is 0.573 e. The van der Waals surface area contributed by atoms with E-state index in [2.05, 4.69) is 9.72 Å². The molecule has 16 heavy (non-hydrogen) atoms. The van der Waals surface area contributed by atoms with Crippen molar-refractivity contribution in [3.05, 3.63) is 21.0 Å². The molecule has 88 valence electrons. The average Bonchev–Trinajstić information content (AvgIpc) is 2.14. The van der Waals surface area contributed by atoms with E-state index in [9.17, 15) is 18.0 Å². The van der Waals surface area contributed by atoms with Crippen molar-refractivity contribution in [2.75, 3.05) is 0 Å². The molecule has 0 atom stereocenters. The number of rotatable bonds is 3. The molecule has 0 amide bonds. The number of aromatic nitrogens is 1. The van der Waals surface area contributed by atoms with Crippen molar-refractivity contribution in [2.45, 2.75) is 12.2 Å². The van der Waals surface area contributed by atoms with E-state index in [-0.39, 0.29) is 20.8 Å². The number of hydrogen-bond donors (Lipinski definition) is 0. The normalized spacial score (nSPS) is 11.3. The van der Waals surface area contributed by atoms with Crippen LogP contribution in [0, 0.1) is 3.70 Å². The minimum absolute atomic E-state index is 0.102. The topological polar surface area (TPSA) is 39.2 Å². The summed E-state index contributed by atoms with van der Waals surface area (Å²) in [6.07, 6.45) is -4.49. The first-order chi connectivity index (χ1) is 7.37. The molecule has 0 fully saturated rings. The second kappa shape index (κ2) is 5.17. The Morgan fingerprint density at radius 2 is 2.19 bits per heavy atom.